The number of nitrogens with zero attached hydrogens (tertiary/aromatic N) is 1. The van der Waals surface area contributed by atoms with Crippen LogP contribution in [0.1, 0.15) is 11.4 Å². The SMILES string of the molecule is Cc1nc(-c2cccc(NC(=O)C3C=CC(N)C3)c2)cs1. The van der Waals surface area contributed by atoms with Gasteiger partial charge in [-0.25, -0.2) is 4.98 Å². The molecule has 0 aliphatic heterocycles. The molecule has 2 aromatic rings. The minimum Gasteiger partial charge on any atom is -0.326 e. The number of hydrogen-bond donors (Lipinski definition) is 2. The lowest BCUT2D eigenvalue weighted by molar-refractivity contribution is -0.118. The average Bonchev–Trinajstić information content (AvgIpc) is 3.08. The molecule has 1 aliphatic carbocycles. The van der Waals surface area contributed by atoms with Crippen molar-refractivity contribution in [3.8, 4) is 11.3 Å². The molecule has 21 heavy (non-hydrogen) atoms. The zero-order valence-electron chi connectivity index (χ0n) is 11.7. The van der Waals surface area contributed by atoms with E-state index in [0.717, 1.165) is 22.0 Å². The number of nitrogens with one attached hydrogen (secondary N) is 1. The molecule has 5 heteroatoms. The molecular weight excluding hydrogens is 282 g/mol. The molecule has 1 aromatic carbocycles. The summed E-state index contributed by atoms with van der Waals surface area (Å²) in [6.45, 7) is 1.98. The molecule has 1 amide bonds. The molecule has 4 nitrogen and oxygen atoms in total. The molecule has 0 bridgehead atoms. The predicted molar refractivity (Wildman–Crippen MR) is 86.1 cm³/mol. The summed E-state index contributed by atoms with van der Waals surface area (Å²) in [6, 6.07) is 7.75. The second-order valence-electron chi connectivity index (χ2n) is 5.21. The Morgan fingerprint density at radius 1 is 1.43 bits per heavy atom. The van der Waals surface area contributed by atoms with Crippen LogP contribution in [0.25, 0.3) is 11.3 Å². The fraction of sp³-hybridized carbons (Fsp3) is 0.250. The Bertz CT molecular complexity index is 692. The van der Waals surface area contributed by atoms with E-state index in [0.29, 0.717) is 6.42 Å². The summed E-state index contributed by atoms with van der Waals surface area (Å²) in [5.41, 5.74) is 8.52. The lowest BCUT2D eigenvalue weighted by atomic mass is 10.1. The van der Waals surface area contributed by atoms with Crippen molar-refractivity contribution in [2.75, 3.05) is 5.32 Å². The molecule has 0 radical (unpaired) electrons. The van der Waals surface area contributed by atoms with Crippen LogP contribution in [-0.2, 0) is 4.79 Å². The van der Waals surface area contributed by atoms with Crippen molar-refractivity contribution < 1.29 is 4.79 Å². The van der Waals surface area contributed by atoms with Crippen LogP contribution < -0.4 is 11.1 Å². The number of carbonyl (C=O) groups excluding carboxylic acids is 1. The molecule has 1 aliphatic rings. The maximum absolute atomic E-state index is 12.2. The topological polar surface area (TPSA) is 68.0 Å². The van der Waals surface area contributed by atoms with Gasteiger partial charge in [-0.2, -0.15) is 0 Å². The first-order chi connectivity index (χ1) is 10.1. The van der Waals surface area contributed by atoms with E-state index >= 15 is 0 Å². The number of aromatic nitrogens is 1. The van der Waals surface area contributed by atoms with E-state index < -0.39 is 0 Å². The van der Waals surface area contributed by atoms with Gasteiger partial charge in [0, 0.05) is 22.7 Å². The molecule has 0 spiro atoms. The van der Waals surface area contributed by atoms with Crippen LogP contribution >= 0.6 is 11.3 Å². The van der Waals surface area contributed by atoms with Crippen LogP contribution in [0.15, 0.2) is 41.8 Å². The number of anilines is 1. The second kappa shape index (κ2) is 5.79. The van der Waals surface area contributed by atoms with Crippen molar-refractivity contribution in [2.24, 2.45) is 11.7 Å². The second-order valence-corrected chi connectivity index (χ2v) is 6.27. The lowest BCUT2D eigenvalue weighted by Crippen LogP contribution is -2.23. The molecule has 1 aromatic heterocycles. The van der Waals surface area contributed by atoms with Gasteiger partial charge in [0.2, 0.25) is 5.91 Å². The lowest BCUT2D eigenvalue weighted by Gasteiger charge is -2.11. The summed E-state index contributed by atoms with van der Waals surface area (Å²) < 4.78 is 0. The summed E-state index contributed by atoms with van der Waals surface area (Å²) in [5.74, 6) is -0.143. The zero-order chi connectivity index (χ0) is 14.8. The Labute approximate surface area is 127 Å². The highest BCUT2D eigenvalue weighted by atomic mass is 32.1. The van der Waals surface area contributed by atoms with Crippen molar-refractivity contribution in [3.63, 3.8) is 0 Å². The monoisotopic (exact) mass is 299 g/mol. The van der Waals surface area contributed by atoms with Crippen molar-refractivity contribution in [2.45, 2.75) is 19.4 Å². The molecular formula is C16H17N3OS. The quantitative estimate of drug-likeness (QED) is 0.856. The standard InChI is InChI=1S/C16H17N3OS/c1-10-18-15(9-21-10)11-3-2-4-14(8-11)19-16(20)12-5-6-13(17)7-12/h2-6,8-9,12-13H,7,17H2,1H3,(H,19,20). The summed E-state index contributed by atoms with van der Waals surface area (Å²) in [7, 11) is 0. The van der Waals surface area contributed by atoms with Gasteiger partial charge >= 0.3 is 0 Å². The Morgan fingerprint density at radius 3 is 2.95 bits per heavy atom. The molecule has 3 N–H and O–H groups in total. The van der Waals surface area contributed by atoms with Crippen LogP contribution in [0.3, 0.4) is 0 Å². The summed E-state index contributed by atoms with van der Waals surface area (Å²) in [4.78, 5) is 16.6. The Balaban J connectivity index is 1.74. The van der Waals surface area contributed by atoms with E-state index in [-0.39, 0.29) is 17.9 Å². The van der Waals surface area contributed by atoms with E-state index in [9.17, 15) is 4.79 Å². The normalized spacial score (nSPS) is 20.7. The van der Waals surface area contributed by atoms with E-state index in [2.05, 4.69) is 10.3 Å². The van der Waals surface area contributed by atoms with Crippen LogP contribution in [0.4, 0.5) is 5.69 Å². The summed E-state index contributed by atoms with van der Waals surface area (Å²) in [6.07, 6.45) is 4.45. The maximum atomic E-state index is 12.2. The number of hydrogen-bond acceptors (Lipinski definition) is 4. The zero-order valence-corrected chi connectivity index (χ0v) is 12.6. The number of aryl methyl sites for hydroxylation is 1. The molecule has 1 heterocycles. The molecule has 2 atom stereocenters. The van der Waals surface area contributed by atoms with Crippen molar-refractivity contribution in [1.29, 1.82) is 0 Å². The number of amides is 1. The number of nitrogens with two attached hydrogens (primary N) is 1. The third kappa shape index (κ3) is 3.20. The smallest absolute Gasteiger partial charge is 0.231 e. The van der Waals surface area contributed by atoms with Crippen LogP contribution in [0, 0.1) is 12.8 Å². The van der Waals surface area contributed by atoms with Gasteiger partial charge in [0.05, 0.1) is 16.6 Å². The minimum absolute atomic E-state index is 0.00851. The van der Waals surface area contributed by atoms with Gasteiger partial charge in [0.25, 0.3) is 0 Å². The van der Waals surface area contributed by atoms with Crippen molar-refractivity contribution in [3.05, 3.63) is 46.8 Å². The number of carbonyl (C=O) groups is 1. The highest BCUT2D eigenvalue weighted by Gasteiger charge is 2.22. The van der Waals surface area contributed by atoms with Gasteiger partial charge in [-0.05, 0) is 25.5 Å². The molecule has 0 fully saturated rings. The van der Waals surface area contributed by atoms with Gasteiger partial charge in [-0.1, -0.05) is 24.3 Å². The van der Waals surface area contributed by atoms with Gasteiger partial charge in [0.1, 0.15) is 0 Å². The minimum atomic E-state index is -0.134. The summed E-state index contributed by atoms with van der Waals surface area (Å²) in [5, 5.41) is 6.01. The van der Waals surface area contributed by atoms with Crippen LogP contribution in [0.2, 0.25) is 0 Å². The predicted octanol–water partition coefficient (Wildman–Crippen LogP) is 2.96. The van der Waals surface area contributed by atoms with Crippen LogP contribution in [0.5, 0.6) is 0 Å². The van der Waals surface area contributed by atoms with Crippen molar-refractivity contribution in [1.82, 2.24) is 4.98 Å². The third-order valence-electron chi connectivity index (χ3n) is 3.50. The van der Waals surface area contributed by atoms with Gasteiger partial charge in [-0.15, -0.1) is 11.3 Å². The fourth-order valence-corrected chi connectivity index (χ4v) is 3.03. The Morgan fingerprint density at radius 2 is 2.29 bits per heavy atom. The van der Waals surface area contributed by atoms with E-state index in [1.54, 1.807) is 11.3 Å². The third-order valence-corrected chi connectivity index (χ3v) is 4.27. The molecule has 0 saturated heterocycles. The number of rotatable bonds is 3. The van der Waals surface area contributed by atoms with E-state index in [1.165, 1.54) is 0 Å². The Kier molecular flexibility index (Phi) is 3.86. The number of benzene rings is 1. The highest BCUT2D eigenvalue weighted by Crippen LogP contribution is 2.25. The molecule has 2 unspecified atom stereocenters. The Hall–Kier alpha value is -1.98. The first-order valence-corrected chi connectivity index (χ1v) is 7.77. The number of thiazole rings is 1. The van der Waals surface area contributed by atoms with Gasteiger partial charge in [-0.3, -0.25) is 4.79 Å². The fourth-order valence-electron chi connectivity index (χ4n) is 2.41. The van der Waals surface area contributed by atoms with E-state index in [1.807, 2.05) is 48.7 Å². The molecule has 108 valence electrons. The summed E-state index contributed by atoms with van der Waals surface area (Å²) >= 11 is 1.62. The van der Waals surface area contributed by atoms with Crippen molar-refractivity contribution >= 4 is 22.9 Å². The van der Waals surface area contributed by atoms with Gasteiger partial charge in [0.15, 0.2) is 0 Å². The first kappa shape index (κ1) is 14.0. The maximum Gasteiger partial charge on any atom is 0.231 e. The molecule has 3 rings (SSSR count). The van der Waals surface area contributed by atoms with E-state index in [4.69, 9.17) is 5.73 Å². The largest absolute Gasteiger partial charge is 0.326 e. The van der Waals surface area contributed by atoms with Crippen LogP contribution in [-0.4, -0.2) is 16.9 Å². The first-order valence-electron chi connectivity index (χ1n) is 6.89. The molecule has 0 saturated carbocycles. The van der Waals surface area contributed by atoms with Gasteiger partial charge < -0.3 is 11.1 Å². The average molecular weight is 299 g/mol. The highest BCUT2D eigenvalue weighted by molar-refractivity contribution is 7.09.